The number of rotatable bonds is 15. The predicted octanol–water partition coefficient (Wildman–Crippen LogP) is -0.338. The van der Waals surface area contributed by atoms with Gasteiger partial charge in [0.05, 0.1) is 25.4 Å². The molecule has 0 radical (unpaired) electrons. The molecule has 4 N–H and O–H groups in total. The largest absolute Gasteiger partial charge is 0.371 e. The molecule has 0 aromatic carbocycles. The van der Waals surface area contributed by atoms with Crippen LogP contribution in [-0.2, 0) is 9.47 Å². The summed E-state index contributed by atoms with van der Waals surface area (Å²) in [5, 5.41) is 6.20. The van der Waals surface area contributed by atoms with Gasteiger partial charge in [0.25, 0.3) is 0 Å². The standard InChI is InChI=1S/C14H30N4O2/c1-5-7-19-13(9-15-3)11-17-18-12-14(10-16-4)20-8-6-2/h5-6,13-18H,1-2,7-12H2,3-4H3. The van der Waals surface area contributed by atoms with Crippen molar-refractivity contribution in [2.45, 2.75) is 12.2 Å². The minimum atomic E-state index is 0.0994. The highest BCUT2D eigenvalue weighted by Gasteiger charge is 2.09. The summed E-state index contributed by atoms with van der Waals surface area (Å²) in [6, 6.07) is 0. The fourth-order valence-corrected chi connectivity index (χ4v) is 1.62. The Morgan fingerprint density at radius 2 is 1.20 bits per heavy atom. The zero-order valence-electron chi connectivity index (χ0n) is 12.8. The Morgan fingerprint density at radius 1 is 0.800 bits per heavy atom. The normalized spacial score (nSPS) is 13.9. The first-order valence-corrected chi connectivity index (χ1v) is 6.98. The quantitative estimate of drug-likeness (QED) is 0.188. The highest BCUT2D eigenvalue weighted by atomic mass is 16.5. The maximum Gasteiger partial charge on any atom is 0.0841 e. The molecule has 6 heteroatoms. The first kappa shape index (κ1) is 19.2. The lowest BCUT2D eigenvalue weighted by molar-refractivity contribution is 0.0595. The maximum absolute atomic E-state index is 5.61. The van der Waals surface area contributed by atoms with Crippen molar-refractivity contribution in [2.24, 2.45) is 0 Å². The Hall–Kier alpha value is -0.760. The number of hydrogen-bond donors (Lipinski definition) is 4. The van der Waals surface area contributed by atoms with E-state index >= 15 is 0 Å². The molecule has 0 spiro atoms. The van der Waals surface area contributed by atoms with E-state index in [9.17, 15) is 0 Å². The third-order valence-corrected chi connectivity index (χ3v) is 2.55. The Balaban J connectivity index is 3.80. The van der Waals surface area contributed by atoms with E-state index in [0.717, 1.165) is 13.1 Å². The van der Waals surface area contributed by atoms with Crippen LogP contribution in [0.5, 0.6) is 0 Å². The Bertz CT molecular complexity index is 215. The van der Waals surface area contributed by atoms with Gasteiger partial charge in [0, 0.05) is 26.2 Å². The Morgan fingerprint density at radius 3 is 1.50 bits per heavy atom. The van der Waals surface area contributed by atoms with Gasteiger partial charge in [0.1, 0.15) is 0 Å². The van der Waals surface area contributed by atoms with Crippen molar-refractivity contribution in [1.29, 1.82) is 0 Å². The zero-order valence-corrected chi connectivity index (χ0v) is 12.8. The summed E-state index contributed by atoms with van der Waals surface area (Å²) < 4.78 is 11.2. The number of hydrazine groups is 1. The second-order valence-corrected chi connectivity index (χ2v) is 4.37. The number of nitrogens with one attached hydrogen (secondary N) is 4. The number of likely N-dealkylation sites (N-methyl/N-ethyl adjacent to an activating group) is 2. The lowest BCUT2D eigenvalue weighted by atomic mass is 10.3. The maximum atomic E-state index is 5.61. The molecule has 0 fully saturated rings. The second kappa shape index (κ2) is 14.6. The van der Waals surface area contributed by atoms with Crippen LogP contribution in [-0.4, -0.2) is 65.7 Å². The summed E-state index contributed by atoms with van der Waals surface area (Å²) in [5.41, 5.74) is 6.32. The molecular formula is C14H30N4O2. The predicted molar refractivity (Wildman–Crippen MR) is 83.7 cm³/mol. The van der Waals surface area contributed by atoms with E-state index in [-0.39, 0.29) is 12.2 Å². The van der Waals surface area contributed by atoms with Gasteiger partial charge < -0.3 is 20.1 Å². The van der Waals surface area contributed by atoms with Crippen molar-refractivity contribution in [2.75, 3.05) is 53.5 Å². The molecule has 2 unspecified atom stereocenters. The summed E-state index contributed by atoms with van der Waals surface area (Å²) in [7, 11) is 3.81. The first-order chi connectivity index (χ1) is 9.78. The van der Waals surface area contributed by atoms with E-state index in [1.54, 1.807) is 12.2 Å². The molecule has 0 aliphatic carbocycles. The summed E-state index contributed by atoms with van der Waals surface area (Å²) in [6.45, 7) is 11.4. The smallest absolute Gasteiger partial charge is 0.0841 e. The van der Waals surface area contributed by atoms with E-state index < -0.39 is 0 Å². The fourth-order valence-electron chi connectivity index (χ4n) is 1.62. The van der Waals surface area contributed by atoms with Crippen molar-refractivity contribution in [3.05, 3.63) is 25.3 Å². The highest BCUT2D eigenvalue weighted by Crippen LogP contribution is 1.90. The van der Waals surface area contributed by atoms with Gasteiger partial charge in [-0.05, 0) is 14.1 Å². The van der Waals surface area contributed by atoms with Gasteiger partial charge in [0.2, 0.25) is 0 Å². The molecule has 6 nitrogen and oxygen atoms in total. The molecule has 0 bridgehead atoms. The van der Waals surface area contributed by atoms with Crippen LogP contribution in [0.25, 0.3) is 0 Å². The van der Waals surface area contributed by atoms with Crippen molar-refractivity contribution < 1.29 is 9.47 Å². The van der Waals surface area contributed by atoms with Gasteiger partial charge in [-0.2, -0.15) is 0 Å². The van der Waals surface area contributed by atoms with Crippen LogP contribution in [0.3, 0.4) is 0 Å². The minimum absolute atomic E-state index is 0.0994. The van der Waals surface area contributed by atoms with Gasteiger partial charge in [-0.1, -0.05) is 12.2 Å². The van der Waals surface area contributed by atoms with Crippen LogP contribution in [0.15, 0.2) is 25.3 Å². The molecule has 0 saturated carbocycles. The summed E-state index contributed by atoms with van der Waals surface area (Å²) >= 11 is 0. The molecule has 0 aromatic rings. The van der Waals surface area contributed by atoms with E-state index in [4.69, 9.17) is 9.47 Å². The Labute approximate surface area is 123 Å². The summed E-state index contributed by atoms with van der Waals surface area (Å²) in [4.78, 5) is 0. The van der Waals surface area contributed by atoms with Crippen LogP contribution in [0.2, 0.25) is 0 Å². The molecule has 0 aromatic heterocycles. The first-order valence-electron chi connectivity index (χ1n) is 6.98. The van der Waals surface area contributed by atoms with Crippen LogP contribution in [0.4, 0.5) is 0 Å². The molecule has 118 valence electrons. The molecular weight excluding hydrogens is 256 g/mol. The Kier molecular flexibility index (Phi) is 14.1. The molecule has 20 heavy (non-hydrogen) atoms. The minimum Gasteiger partial charge on any atom is -0.371 e. The van der Waals surface area contributed by atoms with Crippen LogP contribution < -0.4 is 21.5 Å². The molecule has 0 rings (SSSR count). The van der Waals surface area contributed by atoms with Crippen LogP contribution in [0.1, 0.15) is 0 Å². The van der Waals surface area contributed by atoms with Crippen LogP contribution >= 0.6 is 0 Å². The van der Waals surface area contributed by atoms with Gasteiger partial charge in [-0.3, -0.25) is 10.9 Å². The van der Waals surface area contributed by atoms with Gasteiger partial charge in [-0.25, -0.2) is 0 Å². The third-order valence-electron chi connectivity index (χ3n) is 2.55. The summed E-state index contributed by atoms with van der Waals surface area (Å²) in [6.07, 6.45) is 3.70. The topological polar surface area (TPSA) is 66.6 Å². The number of ether oxygens (including phenoxy) is 2. The molecule has 0 amide bonds. The lowest BCUT2D eigenvalue weighted by Gasteiger charge is -2.20. The number of hydrogen-bond acceptors (Lipinski definition) is 6. The van der Waals surface area contributed by atoms with Crippen molar-refractivity contribution in [3.8, 4) is 0 Å². The van der Waals surface area contributed by atoms with Crippen LogP contribution in [0, 0.1) is 0 Å². The van der Waals surface area contributed by atoms with Gasteiger partial charge in [0.15, 0.2) is 0 Å². The van der Waals surface area contributed by atoms with E-state index in [1.165, 1.54) is 0 Å². The van der Waals surface area contributed by atoms with E-state index in [1.807, 2.05) is 14.1 Å². The highest BCUT2D eigenvalue weighted by molar-refractivity contribution is 4.71. The summed E-state index contributed by atoms with van der Waals surface area (Å²) in [5.74, 6) is 0. The average Bonchev–Trinajstić information content (AvgIpc) is 2.46. The molecule has 0 saturated heterocycles. The van der Waals surface area contributed by atoms with E-state index in [2.05, 4.69) is 34.6 Å². The van der Waals surface area contributed by atoms with E-state index in [0.29, 0.717) is 26.3 Å². The molecule has 0 aliphatic rings. The van der Waals surface area contributed by atoms with Gasteiger partial charge >= 0.3 is 0 Å². The SMILES string of the molecule is C=CCOC(CNC)CNNCC(CNC)OCC=C. The van der Waals surface area contributed by atoms with Crippen molar-refractivity contribution in [1.82, 2.24) is 21.5 Å². The van der Waals surface area contributed by atoms with Crippen molar-refractivity contribution >= 4 is 0 Å². The monoisotopic (exact) mass is 286 g/mol. The molecule has 0 heterocycles. The second-order valence-electron chi connectivity index (χ2n) is 4.37. The fraction of sp³-hybridized carbons (Fsp3) is 0.714. The lowest BCUT2D eigenvalue weighted by Crippen LogP contribution is -2.47. The molecule has 0 aliphatic heterocycles. The average molecular weight is 286 g/mol. The third kappa shape index (κ3) is 11.1. The molecule has 2 atom stereocenters. The van der Waals surface area contributed by atoms with Crippen molar-refractivity contribution in [3.63, 3.8) is 0 Å². The zero-order chi connectivity index (χ0) is 15.1. The van der Waals surface area contributed by atoms with Gasteiger partial charge in [-0.15, -0.1) is 13.2 Å².